The molecule has 0 bridgehead atoms. The third-order valence-corrected chi connectivity index (χ3v) is 8.07. The zero-order valence-electron chi connectivity index (χ0n) is 25.1. The number of hydrogen-bond acceptors (Lipinski definition) is 2. The molecule has 0 aromatic heterocycles. The summed E-state index contributed by atoms with van der Waals surface area (Å²) in [5.41, 5.74) is 5.63. The fraction of sp³-hybridized carbons (Fsp3) is 0.970. The van der Waals surface area contributed by atoms with E-state index in [0.29, 0.717) is 5.92 Å². The summed E-state index contributed by atoms with van der Waals surface area (Å²) >= 11 is 0. The van der Waals surface area contributed by atoms with Crippen molar-refractivity contribution in [3.63, 3.8) is 0 Å². The van der Waals surface area contributed by atoms with Crippen molar-refractivity contribution >= 4 is 5.91 Å². The topological polar surface area (TPSA) is 52.3 Å². The van der Waals surface area contributed by atoms with Crippen LogP contribution in [0, 0.1) is 5.92 Å². The van der Waals surface area contributed by atoms with Crippen LogP contribution in [0.3, 0.4) is 0 Å². The molecule has 0 radical (unpaired) electrons. The Morgan fingerprint density at radius 2 is 0.750 bits per heavy atom. The molecule has 2 unspecified atom stereocenters. The Balaban J connectivity index is 3.60. The first-order valence-corrected chi connectivity index (χ1v) is 16.5. The maximum absolute atomic E-state index is 11.8. The average molecular weight is 510 g/mol. The van der Waals surface area contributed by atoms with Gasteiger partial charge in [0.15, 0.2) is 0 Å². The number of methoxy groups -OCH3 is 1. The van der Waals surface area contributed by atoms with Crippen LogP contribution in [0.15, 0.2) is 0 Å². The third kappa shape index (κ3) is 23.8. The van der Waals surface area contributed by atoms with Crippen LogP contribution in [-0.2, 0) is 9.53 Å². The molecule has 0 aliphatic heterocycles. The van der Waals surface area contributed by atoms with Gasteiger partial charge in [-0.3, -0.25) is 4.79 Å². The molecular formula is C33H67NO2. The molecule has 216 valence electrons. The standard InChI is InChI=1S/C33H67NO2/c1-4-6-8-10-12-13-14-15-16-17-18-19-20-21-22-23-24-26-28-30-31(32(36-3)33(34)35)29-27-25-11-9-7-5-2/h31-32H,4-30H2,1-3H3,(H2,34,35). The van der Waals surface area contributed by atoms with Gasteiger partial charge in [-0.15, -0.1) is 0 Å². The van der Waals surface area contributed by atoms with E-state index in [1.165, 1.54) is 161 Å². The van der Waals surface area contributed by atoms with Gasteiger partial charge in [-0.2, -0.15) is 0 Å². The van der Waals surface area contributed by atoms with Crippen molar-refractivity contribution in [2.75, 3.05) is 7.11 Å². The number of nitrogens with two attached hydrogens (primary N) is 1. The van der Waals surface area contributed by atoms with Crippen LogP contribution < -0.4 is 5.73 Å². The molecule has 0 aliphatic rings. The van der Waals surface area contributed by atoms with Crippen molar-refractivity contribution in [1.29, 1.82) is 0 Å². The van der Waals surface area contributed by atoms with Crippen LogP contribution in [-0.4, -0.2) is 19.1 Å². The maximum atomic E-state index is 11.8. The van der Waals surface area contributed by atoms with E-state index in [1.54, 1.807) is 7.11 Å². The van der Waals surface area contributed by atoms with Gasteiger partial charge in [-0.1, -0.05) is 174 Å². The van der Waals surface area contributed by atoms with Crippen molar-refractivity contribution in [3.05, 3.63) is 0 Å². The van der Waals surface area contributed by atoms with Gasteiger partial charge in [0.2, 0.25) is 5.91 Å². The first-order valence-electron chi connectivity index (χ1n) is 16.5. The molecule has 0 saturated heterocycles. The van der Waals surface area contributed by atoms with Crippen LogP contribution in [0.2, 0.25) is 0 Å². The second kappa shape index (κ2) is 29.0. The summed E-state index contributed by atoms with van der Waals surface area (Å²) in [5.74, 6) is 0.00996. The molecule has 3 heteroatoms. The van der Waals surface area contributed by atoms with Crippen molar-refractivity contribution in [2.45, 2.75) is 193 Å². The zero-order chi connectivity index (χ0) is 26.5. The Morgan fingerprint density at radius 1 is 0.500 bits per heavy atom. The van der Waals surface area contributed by atoms with Crippen molar-refractivity contribution in [1.82, 2.24) is 0 Å². The minimum absolute atomic E-state index is 0.286. The summed E-state index contributed by atoms with van der Waals surface area (Å²) in [6.45, 7) is 4.55. The Hall–Kier alpha value is -0.570. The van der Waals surface area contributed by atoms with E-state index in [-0.39, 0.29) is 5.91 Å². The number of hydrogen-bond donors (Lipinski definition) is 1. The summed E-state index contributed by atoms with van der Waals surface area (Å²) in [6.07, 6.45) is 36.2. The van der Waals surface area contributed by atoms with Crippen molar-refractivity contribution in [3.8, 4) is 0 Å². The van der Waals surface area contributed by atoms with E-state index in [9.17, 15) is 4.79 Å². The van der Waals surface area contributed by atoms with Crippen molar-refractivity contribution < 1.29 is 9.53 Å². The highest BCUT2D eigenvalue weighted by atomic mass is 16.5. The number of amides is 1. The molecule has 0 fully saturated rings. The second-order valence-electron chi connectivity index (χ2n) is 11.5. The van der Waals surface area contributed by atoms with E-state index in [0.717, 1.165) is 12.8 Å². The average Bonchev–Trinajstić information content (AvgIpc) is 2.87. The van der Waals surface area contributed by atoms with Crippen molar-refractivity contribution in [2.24, 2.45) is 11.7 Å². The summed E-state index contributed by atoms with van der Waals surface area (Å²) in [7, 11) is 1.64. The molecule has 1 amide bonds. The minimum Gasteiger partial charge on any atom is -0.371 e. The van der Waals surface area contributed by atoms with E-state index in [1.807, 2.05) is 0 Å². The summed E-state index contributed by atoms with van der Waals surface area (Å²) in [4.78, 5) is 11.8. The molecule has 0 aromatic rings. The first kappa shape index (κ1) is 35.4. The minimum atomic E-state index is -0.406. The van der Waals surface area contributed by atoms with Crippen LogP contribution >= 0.6 is 0 Å². The predicted octanol–water partition coefficient (Wildman–Crippen LogP) is 10.7. The van der Waals surface area contributed by atoms with Gasteiger partial charge in [-0.25, -0.2) is 0 Å². The molecular weight excluding hydrogens is 442 g/mol. The lowest BCUT2D eigenvalue weighted by Crippen LogP contribution is -2.37. The lowest BCUT2D eigenvalue weighted by atomic mass is 9.89. The highest BCUT2D eigenvalue weighted by Crippen LogP contribution is 2.24. The van der Waals surface area contributed by atoms with E-state index in [2.05, 4.69) is 13.8 Å². The van der Waals surface area contributed by atoms with Gasteiger partial charge < -0.3 is 10.5 Å². The molecule has 0 saturated carbocycles. The lowest BCUT2D eigenvalue weighted by molar-refractivity contribution is -0.131. The number of unbranched alkanes of at least 4 members (excludes halogenated alkanes) is 23. The van der Waals surface area contributed by atoms with Crippen LogP contribution in [0.4, 0.5) is 0 Å². The number of carbonyl (C=O) groups excluding carboxylic acids is 1. The van der Waals surface area contributed by atoms with Gasteiger partial charge in [0.05, 0.1) is 0 Å². The van der Waals surface area contributed by atoms with Gasteiger partial charge in [0.25, 0.3) is 0 Å². The zero-order valence-corrected chi connectivity index (χ0v) is 25.1. The Bertz CT molecular complexity index is 439. The predicted molar refractivity (Wildman–Crippen MR) is 159 cm³/mol. The Labute approximate surface area is 227 Å². The highest BCUT2D eigenvalue weighted by molar-refractivity contribution is 5.79. The largest absolute Gasteiger partial charge is 0.371 e. The van der Waals surface area contributed by atoms with Crippen LogP contribution in [0.1, 0.15) is 187 Å². The molecule has 0 rings (SSSR count). The van der Waals surface area contributed by atoms with Gasteiger partial charge in [0.1, 0.15) is 6.10 Å². The summed E-state index contributed by atoms with van der Waals surface area (Å²) < 4.78 is 5.49. The van der Waals surface area contributed by atoms with E-state index >= 15 is 0 Å². The fourth-order valence-corrected chi connectivity index (χ4v) is 5.66. The molecule has 0 heterocycles. The molecule has 2 atom stereocenters. The fourth-order valence-electron chi connectivity index (χ4n) is 5.66. The normalized spacial score (nSPS) is 13.2. The number of carbonyl (C=O) groups is 1. The monoisotopic (exact) mass is 510 g/mol. The molecule has 0 aromatic carbocycles. The number of primary amides is 1. The Morgan fingerprint density at radius 3 is 0.972 bits per heavy atom. The van der Waals surface area contributed by atoms with Gasteiger partial charge in [0, 0.05) is 7.11 Å². The summed E-state index contributed by atoms with van der Waals surface area (Å²) in [6, 6.07) is 0. The third-order valence-electron chi connectivity index (χ3n) is 8.07. The first-order chi connectivity index (χ1) is 17.7. The van der Waals surface area contributed by atoms with E-state index < -0.39 is 6.10 Å². The van der Waals surface area contributed by atoms with Gasteiger partial charge >= 0.3 is 0 Å². The number of rotatable bonds is 30. The van der Waals surface area contributed by atoms with Gasteiger partial charge in [-0.05, 0) is 18.8 Å². The molecule has 0 aliphatic carbocycles. The van der Waals surface area contributed by atoms with E-state index in [4.69, 9.17) is 10.5 Å². The second-order valence-corrected chi connectivity index (χ2v) is 11.5. The quantitative estimate of drug-likeness (QED) is 0.0979. The SMILES string of the molecule is CCCCCCCCCCCCCCCCCCCCCC(CCCCCCCC)C(OC)C(N)=O. The smallest absolute Gasteiger partial charge is 0.246 e. The molecule has 0 spiro atoms. The molecule has 3 nitrogen and oxygen atoms in total. The van der Waals surface area contributed by atoms with Crippen LogP contribution in [0.5, 0.6) is 0 Å². The lowest BCUT2D eigenvalue weighted by Gasteiger charge is -2.23. The number of ether oxygens (including phenoxy) is 1. The van der Waals surface area contributed by atoms with Crippen LogP contribution in [0.25, 0.3) is 0 Å². The highest BCUT2D eigenvalue weighted by Gasteiger charge is 2.25. The maximum Gasteiger partial charge on any atom is 0.246 e. The Kier molecular flexibility index (Phi) is 28.5. The molecule has 2 N–H and O–H groups in total. The summed E-state index contributed by atoms with van der Waals surface area (Å²) in [5, 5.41) is 0. The molecule has 36 heavy (non-hydrogen) atoms.